The summed E-state index contributed by atoms with van der Waals surface area (Å²) < 4.78 is 58.2. The summed E-state index contributed by atoms with van der Waals surface area (Å²) in [5.74, 6) is -1.07. The second-order valence-corrected chi connectivity index (χ2v) is 11.1. The topological polar surface area (TPSA) is 278 Å². The first-order valence-corrected chi connectivity index (χ1v) is 14.7. The first-order valence-electron chi connectivity index (χ1n) is 11.7. The Morgan fingerprint density at radius 1 is 1.14 bits per heavy atom. The number of nitrogens with two attached hydrogens (primary N) is 3. The molecule has 1 heterocycles. The van der Waals surface area contributed by atoms with Crippen LogP contribution in [0.5, 0.6) is 0 Å². The first kappa shape index (κ1) is 34.6. The molecular formula is C19H39N7O9S2. The highest BCUT2D eigenvalue weighted by molar-refractivity contribution is 7.89. The molecule has 1 aliphatic rings. The zero-order chi connectivity index (χ0) is 28.6. The van der Waals surface area contributed by atoms with Crippen LogP contribution in [0.1, 0.15) is 51.9 Å². The second kappa shape index (κ2) is 17.2. The number of unbranched alkanes of at least 4 members (excludes halogenated alkanes) is 1. The highest BCUT2D eigenvalue weighted by atomic mass is 32.3. The lowest BCUT2D eigenvalue weighted by Crippen LogP contribution is -2.54. The Labute approximate surface area is 217 Å². The van der Waals surface area contributed by atoms with Crippen LogP contribution in [0.4, 0.5) is 0 Å². The molecule has 0 unspecified atom stereocenters. The average molecular weight is 574 g/mol. The van der Waals surface area contributed by atoms with Gasteiger partial charge in [-0.1, -0.05) is 6.42 Å². The number of aldehydes is 1. The van der Waals surface area contributed by atoms with Gasteiger partial charge in [-0.05, 0) is 52.0 Å². The van der Waals surface area contributed by atoms with E-state index in [-0.39, 0.29) is 11.7 Å². The van der Waals surface area contributed by atoms with Gasteiger partial charge in [-0.25, -0.2) is 13.1 Å². The van der Waals surface area contributed by atoms with E-state index in [1.165, 1.54) is 11.8 Å². The monoisotopic (exact) mass is 573 g/mol. The quantitative estimate of drug-likeness (QED) is 0.0352. The number of rotatable bonds is 15. The summed E-state index contributed by atoms with van der Waals surface area (Å²) in [6.07, 6.45) is 4.06. The number of likely N-dealkylation sites (tertiary alicyclic amines) is 1. The van der Waals surface area contributed by atoms with E-state index in [2.05, 4.69) is 15.0 Å². The molecule has 0 bridgehead atoms. The molecule has 2 amide bonds. The summed E-state index contributed by atoms with van der Waals surface area (Å²) in [5.41, 5.74) is 16.0. The molecule has 1 aliphatic heterocycles. The SMILES string of the molecule is CCS(=O)(=O)N[C@H](CCCCN)C(=O)N1CCC[C@H]1C(=O)N[C@H](C=O)CCCN=C(N)N.O=S(=O)(O)O. The van der Waals surface area contributed by atoms with E-state index in [0.717, 1.165) is 0 Å². The Morgan fingerprint density at radius 3 is 2.27 bits per heavy atom. The number of nitrogens with one attached hydrogen (secondary N) is 2. The fraction of sp³-hybridized carbons (Fsp3) is 0.789. The van der Waals surface area contributed by atoms with E-state index in [1.807, 2.05) is 0 Å². The highest BCUT2D eigenvalue weighted by Gasteiger charge is 2.38. The first-order chi connectivity index (χ1) is 17.1. The van der Waals surface area contributed by atoms with Gasteiger partial charge in [0.15, 0.2) is 5.96 Å². The van der Waals surface area contributed by atoms with Gasteiger partial charge in [0.05, 0.1) is 11.8 Å². The minimum atomic E-state index is -4.67. The van der Waals surface area contributed by atoms with E-state index in [1.54, 1.807) is 0 Å². The number of guanidine groups is 1. The predicted octanol–water partition coefficient (Wildman–Crippen LogP) is -2.50. The normalized spacial score (nSPS) is 17.2. The molecule has 10 N–H and O–H groups in total. The van der Waals surface area contributed by atoms with Gasteiger partial charge in [-0.15, -0.1) is 0 Å². The Kier molecular flexibility index (Phi) is 16.1. The Bertz CT molecular complexity index is 962. The number of amides is 2. The zero-order valence-electron chi connectivity index (χ0n) is 20.8. The lowest BCUT2D eigenvalue weighted by atomic mass is 10.1. The van der Waals surface area contributed by atoms with Crippen molar-refractivity contribution in [2.45, 2.75) is 70.0 Å². The molecule has 216 valence electrons. The van der Waals surface area contributed by atoms with E-state index < -0.39 is 50.4 Å². The molecule has 37 heavy (non-hydrogen) atoms. The smallest absolute Gasteiger partial charge is 0.370 e. The maximum Gasteiger partial charge on any atom is 0.394 e. The number of nitrogens with zero attached hydrogens (tertiary/aromatic N) is 2. The number of sulfonamides is 1. The fourth-order valence-electron chi connectivity index (χ4n) is 3.50. The summed E-state index contributed by atoms with van der Waals surface area (Å²) in [6.45, 7) is 2.60. The largest absolute Gasteiger partial charge is 0.394 e. The van der Waals surface area contributed by atoms with Gasteiger partial charge in [0.1, 0.15) is 18.4 Å². The van der Waals surface area contributed by atoms with Crippen LogP contribution in [0.2, 0.25) is 0 Å². The van der Waals surface area contributed by atoms with Crippen molar-refractivity contribution >= 4 is 44.5 Å². The molecule has 0 aliphatic carbocycles. The third kappa shape index (κ3) is 16.2. The minimum absolute atomic E-state index is 0.0449. The molecule has 0 aromatic rings. The molecule has 0 saturated carbocycles. The van der Waals surface area contributed by atoms with Crippen LogP contribution in [0.3, 0.4) is 0 Å². The van der Waals surface area contributed by atoms with Crippen LogP contribution in [-0.2, 0) is 34.8 Å². The summed E-state index contributed by atoms with van der Waals surface area (Å²) in [6, 6.07) is -2.44. The van der Waals surface area contributed by atoms with Gasteiger partial charge in [0.2, 0.25) is 21.8 Å². The van der Waals surface area contributed by atoms with E-state index in [9.17, 15) is 22.8 Å². The molecule has 1 fully saturated rings. The van der Waals surface area contributed by atoms with E-state index in [0.29, 0.717) is 70.9 Å². The molecule has 1 saturated heterocycles. The van der Waals surface area contributed by atoms with Gasteiger partial charge >= 0.3 is 10.4 Å². The molecular weight excluding hydrogens is 534 g/mol. The van der Waals surface area contributed by atoms with Crippen molar-refractivity contribution in [2.24, 2.45) is 22.2 Å². The molecule has 3 atom stereocenters. The zero-order valence-corrected chi connectivity index (χ0v) is 22.4. The van der Waals surface area contributed by atoms with Crippen LogP contribution in [0.15, 0.2) is 4.99 Å². The van der Waals surface area contributed by atoms with Crippen molar-refractivity contribution in [3.05, 3.63) is 0 Å². The number of carbonyl (C=O) groups is 3. The number of hydrogen-bond acceptors (Lipinski definition) is 9. The summed E-state index contributed by atoms with van der Waals surface area (Å²) in [7, 11) is -8.28. The van der Waals surface area contributed by atoms with Gasteiger partial charge in [0.25, 0.3) is 0 Å². The summed E-state index contributed by atoms with van der Waals surface area (Å²) in [4.78, 5) is 42.6. The van der Waals surface area contributed by atoms with Crippen LogP contribution in [-0.4, -0.2) is 98.4 Å². The van der Waals surface area contributed by atoms with Crippen LogP contribution in [0, 0.1) is 0 Å². The summed E-state index contributed by atoms with van der Waals surface area (Å²) >= 11 is 0. The van der Waals surface area contributed by atoms with Crippen molar-refractivity contribution in [3.63, 3.8) is 0 Å². The third-order valence-electron chi connectivity index (χ3n) is 5.24. The average Bonchev–Trinajstić information content (AvgIpc) is 3.28. The highest BCUT2D eigenvalue weighted by Crippen LogP contribution is 2.20. The van der Waals surface area contributed by atoms with Gasteiger partial charge in [0, 0.05) is 13.1 Å². The summed E-state index contributed by atoms with van der Waals surface area (Å²) in [5, 5.41) is 2.67. The Balaban J connectivity index is 0.00000235. The maximum absolute atomic E-state index is 13.2. The van der Waals surface area contributed by atoms with Gasteiger partial charge in [-0.2, -0.15) is 8.42 Å². The van der Waals surface area contributed by atoms with Crippen LogP contribution >= 0.6 is 0 Å². The lowest BCUT2D eigenvalue weighted by Gasteiger charge is -2.29. The maximum atomic E-state index is 13.2. The minimum Gasteiger partial charge on any atom is -0.370 e. The molecule has 0 radical (unpaired) electrons. The fourth-order valence-corrected chi connectivity index (χ4v) is 4.32. The molecule has 0 aromatic carbocycles. The number of hydrogen-bond donors (Lipinski definition) is 7. The standard InChI is InChI=1S/C19H37N7O5S.H2O4S/c1-2-32(30,31)25-15(8-3-4-10-20)18(29)26-12-6-9-16(26)17(28)24-14(13-27)7-5-11-23-19(21)22;1-5(2,3)4/h13-16,25H,2-12,20H2,1H3,(H,24,28)(H4,21,22,23);(H2,1,2,3,4)/t14-,15+,16-;/m0./s1. The molecule has 0 spiro atoms. The van der Waals surface area contributed by atoms with Crippen molar-refractivity contribution < 1.29 is 40.3 Å². The predicted molar refractivity (Wildman–Crippen MR) is 136 cm³/mol. The molecule has 0 aromatic heterocycles. The number of aliphatic imine (C=N–C) groups is 1. The van der Waals surface area contributed by atoms with Crippen molar-refractivity contribution in [1.82, 2.24) is 14.9 Å². The Hall–Kier alpha value is -2.38. The van der Waals surface area contributed by atoms with Gasteiger partial charge in [-0.3, -0.25) is 23.7 Å². The van der Waals surface area contributed by atoms with E-state index >= 15 is 0 Å². The van der Waals surface area contributed by atoms with Crippen molar-refractivity contribution in [3.8, 4) is 0 Å². The molecule has 1 rings (SSSR count). The van der Waals surface area contributed by atoms with E-state index in [4.69, 9.17) is 34.7 Å². The van der Waals surface area contributed by atoms with Gasteiger partial charge < -0.3 is 32.2 Å². The number of carbonyl (C=O) groups excluding carboxylic acids is 3. The van der Waals surface area contributed by atoms with Crippen LogP contribution < -0.4 is 27.2 Å². The van der Waals surface area contributed by atoms with Crippen molar-refractivity contribution in [1.29, 1.82) is 0 Å². The molecule has 16 nitrogen and oxygen atoms in total. The van der Waals surface area contributed by atoms with Crippen LogP contribution in [0.25, 0.3) is 0 Å². The third-order valence-corrected chi connectivity index (χ3v) is 6.65. The molecule has 18 heteroatoms. The van der Waals surface area contributed by atoms with Crippen molar-refractivity contribution in [2.75, 3.05) is 25.4 Å². The second-order valence-electron chi connectivity index (χ2n) is 8.20. The lowest BCUT2D eigenvalue weighted by molar-refractivity contribution is -0.140. The Morgan fingerprint density at radius 2 is 1.76 bits per heavy atom.